The van der Waals surface area contributed by atoms with E-state index in [0.29, 0.717) is 4.24 Å². The molecule has 0 saturated carbocycles. The number of benzene rings is 1. The quantitative estimate of drug-likeness (QED) is 0.607. The van der Waals surface area contributed by atoms with Gasteiger partial charge in [-0.05, 0) is 38.5 Å². The molecule has 2 aliphatic rings. The second-order valence-corrected chi connectivity index (χ2v) is 7.56. The van der Waals surface area contributed by atoms with E-state index in [4.69, 9.17) is 0 Å². The van der Waals surface area contributed by atoms with Crippen molar-refractivity contribution in [3.63, 3.8) is 0 Å². The van der Waals surface area contributed by atoms with E-state index >= 15 is 0 Å². The summed E-state index contributed by atoms with van der Waals surface area (Å²) in [4.78, 5) is 41.8. The minimum atomic E-state index is -0.532. The van der Waals surface area contributed by atoms with Gasteiger partial charge in [0.15, 0.2) is 0 Å². The number of aryl methyl sites for hydroxylation is 1. The van der Waals surface area contributed by atoms with Crippen LogP contribution in [0.15, 0.2) is 37.8 Å². The van der Waals surface area contributed by atoms with Gasteiger partial charge >= 0.3 is 6.03 Å². The van der Waals surface area contributed by atoms with Crippen LogP contribution in [0.5, 0.6) is 0 Å². The van der Waals surface area contributed by atoms with Crippen molar-refractivity contribution in [3.8, 4) is 0 Å². The maximum Gasteiger partial charge on any atom is 0.333 e. The van der Waals surface area contributed by atoms with Crippen molar-refractivity contribution < 1.29 is 14.4 Å². The number of hydrogen-bond donors (Lipinski definition) is 0. The first-order chi connectivity index (χ1) is 11.0. The minimum absolute atomic E-state index is 0.108. The van der Waals surface area contributed by atoms with E-state index in [1.54, 1.807) is 13.8 Å². The zero-order valence-electron chi connectivity index (χ0n) is 13.1. The SMILES string of the molecule is CCN1C(=O)C(=C2Sc3ccc(C)cc3S2)C(=O)N(CC)C1=O. The zero-order chi connectivity index (χ0) is 16.7. The smallest absolute Gasteiger partial charge is 0.268 e. The van der Waals surface area contributed by atoms with Crippen LogP contribution < -0.4 is 0 Å². The van der Waals surface area contributed by atoms with E-state index in [2.05, 4.69) is 0 Å². The number of likely N-dealkylation sites (N-methyl/N-ethyl adjacent to an activating group) is 2. The summed E-state index contributed by atoms with van der Waals surface area (Å²) in [6.07, 6.45) is 0. The summed E-state index contributed by atoms with van der Waals surface area (Å²) < 4.78 is 0.657. The summed E-state index contributed by atoms with van der Waals surface area (Å²) >= 11 is 2.85. The van der Waals surface area contributed by atoms with Crippen molar-refractivity contribution in [3.05, 3.63) is 33.6 Å². The fraction of sp³-hybridized carbons (Fsp3) is 0.312. The molecule has 5 nitrogen and oxygen atoms in total. The molecule has 1 fully saturated rings. The Labute approximate surface area is 143 Å². The molecule has 1 saturated heterocycles. The van der Waals surface area contributed by atoms with Crippen LogP contribution in [-0.4, -0.2) is 40.7 Å². The maximum absolute atomic E-state index is 12.6. The largest absolute Gasteiger partial charge is 0.333 e. The average Bonchev–Trinajstić information content (AvgIpc) is 2.90. The van der Waals surface area contributed by atoms with Crippen LogP contribution in [0.2, 0.25) is 0 Å². The van der Waals surface area contributed by atoms with Gasteiger partial charge in [-0.1, -0.05) is 29.6 Å². The Morgan fingerprint density at radius 3 is 2.04 bits per heavy atom. The first-order valence-corrected chi connectivity index (χ1v) is 8.99. The molecule has 0 spiro atoms. The minimum Gasteiger partial charge on any atom is -0.268 e. The monoisotopic (exact) mass is 348 g/mol. The molecule has 0 N–H and O–H groups in total. The third kappa shape index (κ3) is 2.57. The summed E-state index contributed by atoms with van der Waals surface area (Å²) in [5.41, 5.74) is 1.24. The Balaban J connectivity index is 2.06. The summed E-state index contributed by atoms with van der Waals surface area (Å²) in [6.45, 7) is 5.96. The molecule has 23 heavy (non-hydrogen) atoms. The van der Waals surface area contributed by atoms with Crippen molar-refractivity contribution in [1.82, 2.24) is 9.80 Å². The van der Waals surface area contributed by atoms with Crippen LogP contribution >= 0.6 is 23.5 Å². The van der Waals surface area contributed by atoms with Crippen molar-refractivity contribution in [2.75, 3.05) is 13.1 Å². The molecule has 1 aromatic carbocycles. The van der Waals surface area contributed by atoms with Gasteiger partial charge in [-0.25, -0.2) is 4.79 Å². The predicted octanol–water partition coefficient (Wildman–Crippen LogP) is 3.24. The van der Waals surface area contributed by atoms with Crippen LogP contribution in [0.3, 0.4) is 0 Å². The summed E-state index contributed by atoms with van der Waals surface area (Å²) in [5, 5.41) is 0. The molecular formula is C16H16N2O3S2. The highest BCUT2D eigenvalue weighted by Crippen LogP contribution is 2.53. The van der Waals surface area contributed by atoms with Crippen molar-refractivity contribution in [1.29, 1.82) is 0 Å². The van der Waals surface area contributed by atoms with E-state index in [9.17, 15) is 14.4 Å². The summed E-state index contributed by atoms with van der Waals surface area (Å²) in [7, 11) is 0. The number of urea groups is 1. The number of thioether (sulfide) groups is 2. The molecule has 120 valence electrons. The maximum atomic E-state index is 12.6. The molecule has 0 aromatic heterocycles. The Kier molecular flexibility index (Phi) is 4.25. The highest BCUT2D eigenvalue weighted by atomic mass is 32.2. The third-order valence-electron chi connectivity index (χ3n) is 3.72. The number of amides is 4. The van der Waals surface area contributed by atoms with Gasteiger partial charge in [0.25, 0.3) is 11.8 Å². The predicted molar refractivity (Wildman–Crippen MR) is 90.1 cm³/mol. The van der Waals surface area contributed by atoms with Gasteiger partial charge in [0.05, 0.1) is 4.24 Å². The lowest BCUT2D eigenvalue weighted by Gasteiger charge is -2.33. The van der Waals surface area contributed by atoms with Crippen LogP contribution in [-0.2, 0) is 9.59 Å². The molecule has 2 heterocycles. The topological polar surface area (TPSA) is 57.7 Å². The van der Waals surface area contributed by atoms with E-state index < -0.39 is 17.8 Å². The molecule has 0 radical (unpaired) electrons. The number of carbonyl (C=O) groups is 3. The van der Waals surface area contributed by atoms with Crippen molar-refractivity contribution in [2.24, 2.45) is 0 Å². The first-order valence-electron chi connectivity index (χ1n) is 7.36. The molecule has 4 amide bonds. The van der Waals surface area contributed by atoms with E-state index in [0.717, 1.165) is 25.2 Å². The Hall–Kier alpha value is -1.73. The molecule has 1 aromatic rings. The Morgan fingerprint density at radius 2 is 1.48 bits per heavy atom. The number of nitrogens with zero attached hydrogens (tertiary/aromatic N) is 2. The molecule has 0 atom stereocenters. The van der Waals surface area contributed by atoms with Gasteiger partial charge in [0.2, 0.25) is 0 Å². The number of barbiturate groups is 1. The molecule has 3 rings (SSSR count). The van der Waals surface area contributed by atoms with E-state index in [1.807, 2.05) is 25.1 Å². The number of carbonyl (C=O) groups excluding carboxylic acids is 3. The Bertz CT molecular complexity index is 730. The standard InChI is InChI=1S/C16H16N2O3S2/c1-4-17-13(19)12(14(20)18(5-2)16(17)21)15-22-10-7-6-9(3)8-11(10)23-15/h6-8H,4-5H2,1-3H3. The fourth-order valence-corrected chi connectivity index (χ4v) is 5.13. The molecular weight excluding hydrogens is 332 g/mol. The highest BCUT2D eigenvalue weighted by Gasteiger charge is 2.43. The van der Waals surface area contributed by atoms with Crippen molar-refractivity contribution in [2.45, 2.75) is 30.6 Å². The highest BCUT2D eigenvalue weighted by molar-refractivity contribution is 8.24. The number of rotatable bonds is 2. The second-order valence-electron chi connectivity index (χ2n) is 5.20. The van der Waals surface area contributed by atoms with Crippen molar-refractivity contribution >= 4 is 41.4 Å². The number of fused-ring (bicyclic) bond motifs is 1. The van der Waals surface area contributed by atoms with Gasteiger partial charge in [0.1, 0.15) is 5.57 Å². The second kappa shape index (κ2) is 6.05. The lowest BCUT2D eigenvalue weighted by molar-refractivity contribution is -0.135. The van der Waals surface area contributed by atoms with Crippen LogP contribution in [0, 0.1) is 6.92 Å². The van der Waals surface area contributed by atoms with Crippen LogP contribution in [0.25, 0.3) is 0 Å². The van der Waals surface area contributed by atoms with Gasteiger partial charge in [0, 0.05) is 22.9 Å². The number of imide groups is 2. The molecule has 0 unspecified atom stereocenters. The lowest BCUT2D eigenvalue weighted by atomic mass is 10.2. The normalized spacial score (nSPS) is 18.1. The number of hydrogen-bond acceptors (Lipinski definition) is 5. The van der Waals surface area contributed by atoms with Gasteiger partial charge in [-0.3, -0.25) is 19.4 Å². The average molecular weight is 348 g/mol. The zero-order valence-corrected chi connectivity index (χ0v) is 14.7. The molecule has 0 bridgehead atoms. The first kappa shape index (κ1) is 16.1. The van der Waals surface area contributed by atoms with Gasteiger partial charge < -0.3 is 0 Å². The molecule has 2 aliphatic heterocycles. The molecule has 7 heteroatoms. The molecule has 0 aliphatic carbocycles. The van der Waals surface area contributed by atoms with E-state index in [-0.39, 0.29) is 18.7 Å². The fourth-order valence-electron chi connectivity index (χ4n) is 2.52. The lowest BCUT2D eigenvalue weighted by Crippen LogP contribution is -2.56. The van der Waals surface area contributed by atoms with E-state index in [1.165, 1.54) is 23.5 Å². The summed E-state index contributed by atoms with van der Waals surface area (Å²) in [5.74, 6) is -0.988. The van der Waals surface area contributed by atoms with Crippen LogP contribution in [0.4, 0.5) is 4.79 Å². The van der Waals surface area contributed by atoms with Gasteiger partial charge in [-0.2, -0.15) is 0 Å². The summed E-state index contributed by atoms with van der Waals surface area (Å²) in [6, 6.07) is 5.51. The van der Waals surface area contributed by atoms with Crippen LogP contribution in [0.1, 0.15) is 19.4 Å². The third-order valence-corrected chi connectivity index (χ3v) is 6.26. The van der Waals surface area contributed by atoms with Gasteiger partial charge in [-0.15, -0.1) is 0 Å². The Morgan fingerprint density at radius 1 is 0.913 bits per heavy atom.